The van der Waals surface area contributed by atoms with Crippen molar-refractivity contribution in [1.82, 2.24) is 15.3 Å². The third-order valence-electron chi connectivity index (χ3n) is 3.74. The largest absolute Gasteiger partial charge is 0.360 e. The second-order valence-electron chi connectivity index (χ2n) is 5.59. The molecule has 0 aromatic carbocycles. The van der Waals surface area contributed by atoms with Crippen LogP contribution in [-0.4, -0.2) is 15.3 Å². The van der Waals surface area contributed by atoms with Gasteiger partial charge < -0.3 is 14.8 Å². The van der Waals surface area contributed by atoms with Gasteiger partial charge in [-0.25, -0.2) is 0 Å². The lowest BCUT2D eigenvalue weighted by atomic mass is 9.77. The fourth-order valence-corrected chi connectivity index (χ4v) is 2.35. The number of hydrogen-bond donors (Lipinski definition) is 1. The molecule has 0 atom stereocenters. The first-order chi connectivity index (χ1) is 9.01. The lowest BCUT2D eigenvalue weighted by Crippen LogP contribution is -2.44. The molecule has 102 valence electrons. The highest BCUT2D eigenvalue weighted by Crippen LogP contribution is 2.38. The second-order valence-corrected chi connectivity index (χ2v) is 5.59. The Labute approximate surface area is 111 Å². The quantitative estimate of drug-likeness (QED) is 0.913. The van der Waals surface area contributed by atoms with Crippen LogP contribution in [0.5, 0.6) is 0 Å². The van der Waals surface area contributed by atoms with Crippen LogP contribution in [0.15, 0.2) is 9.05 Å². The van der Waals surface area contributed by atoms with Crippen LogP contribution < -0.4 is 5.73 Å². The highest BCUT2D eigenvalue weighted by Gasteiger charge is 2.39. The molecule has 3 rings (SSSR count). The summed E-state index contributed by atoms with van der Waals surface area (Å²) in [6.45, 7) is 5.95. The monoisotopic (exact) mass is 262 g/mol. The standard InChI is InChI=1S/C13H18N4O2/c1-7(2)10-9(8(3)16-18-10)11-15-12(17-19-11)13(14)5-4-6-13/h7H,4-6,14H2,1-3H3. The van der Waals surface area contributed by atoms with E-state index in [1.807, 2.05) is 20.8 Å². The Morgan fingerprint density at radius 3 is 2.53 bits per heavy atom. The Kier molecular flexibility index (Phi) is 2.70. The topological polar surface area (TPSA) is 91.0 Å². The van der Waals surface area contributed by atoms with Gasteiger partial charge in [0.15, 0.2) is 11.6 Å². The Bertz CT molecular complexity index is 596. The molecule has 2 aromatic rings. The Balaban J connectivity index is 2.01. The smallest absolute Gasteiger partial charge is 0.263 e. The van der Waals surface area contributed by atoms with Crippen LogP contribution in [0.1, 0.15) is 56.3 Å². The van der Waals surface area contributed by atoms with Gasteiger partial charge in [0.2, 0.25) is 0 Å². The van der Waals surface area contributed by atoms with E-state index in [-0.39, 0.29) is 5.92 Å². The van der Waals surface area contributed by atoms with Crippen molar-refractivity contribution in [3.05, 3.63) is 17.3 Å². The van der Waals surface area contributed by atoms with Crippen molar-refractivity contribution in [2.75, 3.05) is 0 Å². The fourth-order valence-electron chi connectivity index (χ4n) is 2.35. The number of nitrogens with two attached hydrogens (primary N) is 1. The lowest BCUT2D eigenvalue weighted by Gasteiger charge is -2.34. The van der Waals surface area contributed by atoms with Gasteiger partial charge in [-0.2, -0.15) is 4.98 Å². The molecular formula is C13H18N4O2. The van der Waals surface area contributed by atoms with Crippen LogP contribution in [0.3, 0.4) is 0 Å². The van der Waals surface area contributed by atoms with Gasteiger partial charge in [0.25, 0.3) is 5.89 Å². The Morgan fingerprint density at radius 1 is 1.21 bits per heavy atom. The average Bonchev–Trinajstić information content (AvgIpc) is 2.91. The normalized spacial score (nSPS) is 17.7. The van der Waals surface area contributed by atoms with E-state index in [2.05, 4.69) is 15.3 Å². The highest BCUT2D eigenvalue weighted by molar-refractivity contribution is 5.59. The van der Waals surface area contributed by atoms with E-state index < -0.39 is 5.54 Å². The molecule has 2 aromatic heterocycles. The van der Waals surface area contributed by atoms with Gasteiger partial charge in [-0.15, -0.1) is 0 Å². The minimum atomic E-state index is -0.412. The molecule has 1 aliphatic rings. The molecule has 0 spiro atoms. The van der Waals surface area contributed by atoms with Crippen LogP contribution >= 0.6 is 0 Å². The molecular weight excluding hydrogens is 244 g/mol. The summed E-state index contributed by atoms with van der Waals surface area (Å²) in [5.74, 6) is 2.02. The van der Waals surface area contributed by atoms with Crippen molar-refractivity contribution in [1.29, 1.82) is 0 Å². The molecule has 0 saturated heterocycles. The van der Waals surface area contributed by atoms with E-state index in [1.54, 1.807) is 0 Å². The van der Waals surface area contributed by atoms with Crippen molar-refractivity contribution in [3.63, 3.8) is 0 Å². The number of rotatable bonds is 3. The van der Waals surface area contributed by atoms with E-state index in [4.69, 9.17) is 14.8 Å². The van der Waals surface area contributed by atoms with Crippen LogP contribution in [0.2, 0.25) is 0 Å². The van der Waals surface area contributed by atoms with Gasteiger partial charge in [-0.1, -0.05) is 24.2 Å². The second kappa shape index (κ2) is 4.16. The van der Waals surface area contributed by atoms with Gasteiger partial charge in [-0.3, -0.25) is 0 Å². The van der Waals surface area contributed by atoms with E-state index in [9.17, 15) is 0 Å². The summed E-state index contributed by atoms with van der Waals surface area (Å²) in [4.78, 5) is 4.45. The predicted molar refractivity (Wildman–Crippen MR) is 68.3 cm³/mol. The van der Waals surface area contributed by atoms with Crippen molar-refractivity contribution in [2.24, 2.45) is 5.73 Å². The van der Waals surface area contributed by atoms with E-state index in [1.165, 1.54) is 0 Å². The van der Waals surface area contributed by atoms with Crippen LogP contribution in [0.25, 0.3) is 11.5 Å². The summed E-state index contributed by atoms with van der Waals surface area (Å²) in [6.07, 6.45) is 2.93. The molecule has 6 heteroatoms. The zero-order valence-corrected chi connectivity index (χ0v) is 11.4. The van der Waals surface area contributed by atoms with Crippen molar-refractivity contribution < 1.29 is 9.05 Å². The third kappa shape index (κ3) is 1.87. The summed E-state index contributed by atoms with van der Waals surface area (Å²) in [5, 5.41) is 8.01. The maximum Gasteiger partial charge on any atom is 0.263 e. The summed E-state index contributed by atoms with van der Waals surface area (Å²) in [6, 6.07) is 0. The van der Waals surface area contributed by atoms with E-state index in [0.29, 0.717) is 11.7 Å². The van der Waals surface area contributed by atoms with Crippen LogP contribution in [-0.2, 0) is 5.54 Å². The number of aryl methyl sites for hydroxylation is 1. The summed E-state index contributed by atoms with van der Waals surface area (Å²) >= 11 is 0. The Hall–Kier alpha value is -1.69. The maximum absolute atomic E-state index is 6.20. The maximum atomic E-state index is 6.20. The molecule has 2 heterocycles. The first-order valence-corrected chi connectivity index (χ1v) is 6.61. The summed E-state index contributed by atoms with van der Waals surface area (Å²) < 4.78 is 10.7. The molecule has 1 aliphatic carbocycles. The van der Waals surface area contributed by atoms with Crippen molar-refractivity contribution >= 4 is 0 Å². The highest BCUT2D eigenvalue weighted by atomic mass is 16.5. The molecule has 1 fully saturated rings. The number of nitrogens with zero attached hydrogens (tertiary/aromatic N) is 3. The minimum absolute atomic E-state index is 0.210. The van der Waals surface area contributed by atoms with Crippen LogP contribution in [0, 0.1) is 6.92 Å². The van der Waals surface area contributed by atoms with Gasteiger partial charge >= 0.3 is 0 Å². The van der Waals surface area contributed by atoms with Crippen LogP contribution in [0.4, 0.5) is 0 Å². The molecule has 0 radical (unpaired) electrons. The number of hydrogen-bond acceptors (Lipinski definition) is 6. The number of aromatic nitrogens is 3. The van der Waals surface area contributed by atoms with E-state index in [0.717, 1.165) is 36.3 Å². The molecule has 0 amide bonds. The first kappa shape index (κ1) is 12.3. The molecule has 0 bridgehead atoms. The zero-order chi connectivity index (χ0) is 13.6. The average molecular weight is 262 g/mol. The molecule has 1 saturated carbocycles. The van der Waals surface area contributed by atoms with Crippen molar-refractivity contribution in [2.45, 2.75) is 51.5 Å². The molecule has 2 N–H and O–H groups in total. The summed E-state index contributed by atoms with van der Waals surface area (Å²) in [7, 11) is 0. The van der Waals surface area contributed by atoms with Gasteiger partial charge in [0.1, 0.15) is 5.56 Å². The van der Waals surface area contributed by atoms with Crippen molar-refractivity contribution in [3.8, 4) is 11.5 Å². The Morgan fingerprint density at radius 2 is 1.95 bits per heavy atom. The third-order valence-corrected chi connectivity index (χ3v) is 3.74. The predicted octanol–water partition coefficient (Wildman–Crippen LogP) is 2.49. The summed E-state index contributed by atoms with van der Waals surface area (Å²) in [5.41, 5.74) is 7.36. The fraction of sp³-hybridized carbons (Fsp3) is 0.615. The van der Waals surface area contributed by atoms with Gasteiger partial charge in [0, 0.05) is 5.92 Å². The van der Waals surface area contributed by atoms with Gasteiger partial charge in [0.05, 0.1) is 11.2 Å². The lowest BCUT2D eigenvalue weighted by molar-refractivity contribution is 0.229. The molecule has 0 aliphatic heterocycles. The molecule has 0 unspecified atom stereocenters. The van der Waals surface area contributed by atoms with Gasteiger partial charge in [-0.05, 0) is 26.2 Å². The van der Waals surface area contributed by atoms with E-state index >= 15 is 0 Å². The minimum Gasteiger partial charge on any atom is -0.360 e. The molecule has 6 nitrogen and oxygen atoms in total. The SMILES string of the molecule is Cc1noc(C(C)C)c1-c1nc(C2(N)CCC2)no1. The molecule has 19 heavy (non-hydrogen) atoms. The zero-order valence-electron chi connectivity index (χ0n) is 11.4. The first-order valence-electron chi connectivity index (χ1n) is 6.61.